The van der Waals surface area contributed by atoms with Gasteiger partial charge in [-0.2, -0.15) is 9.97 Å². The van der Waals surface area contributed by atoms with Crippen LogP contribution in [0, 0.1) is 0 Å². The van der Waals surface area contributed by atoms with Gasteiger partial charge in [0.15, 0.2) is 0 Å². The molecule has 1 atom stereocenters. The first-order valence-electron chi connectivity index (χ1n) is 8.02. The van der Waals surface area contributed by atoms with E-state index in [0.717, 1.165) is 24.6 Å². The summed E-state index contributed by atoms with van der Waals surface area (Å²) < 4.78 is 0. The average molecular weight is 295 g/mol. The summed E-state index contributed by atoms with van der Waals surface area (Å²) >= 11 is 0. The van der Waals surface area contributed by atoms with Crippen LogP contribution in [0.4, 0.5) is 17.6 Å². The number of nitrogens with two attached hydrogens (primary N) is 1. The number of hydrogen-bond acceptors (Lipinski definition) is 5. The van der Waals surface area contributed by atoms with Gasteiger partial charge in [-0.3, -0.25) is 0 Å². The van der Waals surface area contributed by atoms with Crippen molar-refractivity contribution in [3.8, 4) is 0 Å². The first kappa shape index (κ1) is 13.4. The van der Waals surface area contributed by atoms with Crippen LogP contribution in [0.15, 0.2) is 36.4 Å². The predicted molar refractivity (Wildman–Crippen MR) is 88.9 cm³/mol. The number of nitrogen functional groups attached to an aromatic ring is 1. The molecule has 2 aliphatic rings. The lowest BCUT2D eigenvalue weighted by Gasteiger charge is -2.26. The largest absolute Gasteiger partial charge is 0.368 e. The van der Waals surface area contributed by atoms with E-state index in [0.29, 0.717) is 18.0 Å². The Labute approximate surface area is 130 Å². The van der Waals surface area contributed by atoms with E-state index in [1.54, 1.807) is 0 Å². The van der Waals surface area contributed by atoms with Crippen LogP contribution in [-0.2, 0) is 0 Å². The topological polar surface area (TPSA) is 67.1 Å². The number of nitrogens with zero attached hydrogens (tertiary/aromatic N) is 3. The lowest BCUT2D eigenvalue weighted by atomic mass is 10.0. The second-order valence-corrected chi connectivity index (χ2v) is 6.15. The quantitative estimate of drug-likeness (QED) is 0.907. The maximum Gasteiger partial charge on any atom is 0.223 e. The summed E-state index contributed by atoms with van der Waals surface area (Å²) in [6.45, 7) is 1.01. The molecular formula is C17H21N5. The van der Waals surface area contributed by atoms with Gasteiger partial charge in [0.25, 0.3) is 0 Å². The molecule has 1 unspecified atom stereocenters. The Morgan fingerprint density at radius 1 is 1.09 bits per heavy atom. The van der Waals surface area contributed by atoms with Crippen molar-refractivity contribution in [3.05, 3.63) is 42.0 Å². The number of benzene rings is 1. The lowest BCUT2D eigenvalue weighted by molar-refractivity contribution is 0.711. The molecule has 0 radical (unpaired) electrons. The molecule has 1 aliphatic heterocycles. The zero-order chi connectivity index (χ0) is 14.9. The summed E-state index contributed by atoms with van der Waals surface area (Å²) in [5.41, 5.74) is 7.26. The zero-order valence-corrected chi connectivity index (χ0v) is 12.6. The first-order valence-corrected chi connectivity index (χ1v) is 8.02. The van der Waals surface area contributed by atoms with Gasteiger partial charge in [-0.05, 0) is 31.2 Å². The molecule has 5 heteroatoms. The Hall–Kier alpha value is -2.30. The monoisotopic (exact) mass is 295 g/mol. The van der Waals surface area contributed by atoms with Crippen molar-refractivity contribution in [3.63, 3.8) is 0 Å². The van der Waals surface area contributed by atoms with Crippen LogP contribution in [0.25, 0.3) is 0 Å². The molecule has 2 fully saturated rings. The molecular weight excluding hydrogens is 274 g/mol. The van der Waals surface area contributed by atoms with Crippen molar-refractivity contribution >= 4 is 17.6 Å². The minimum absolute atomic E-state index is 0.347. The summed E-state index contributed by atoms with van der Waals surface area (Å²) in [5.74, 6) is 2.13. The third-order valence-electron chi connectivity index (χ3n) is 4.39. The minimum Gasteiger partial charge on any atom is -0.368 e. The highest BCUT2D eigenvalue weighted by molar-refractivity contribution is 5.55. The van der Waals surface area contributed by atoms with Gasteiger partial charge in [0.05, 0.1) is 6.04 Å². The molecule has 1 aliphatic carbocycles. The molecule has 1 saturated heterocycles. The number of aromatic nitrogens is 2. The summed E-state index contributed by atoms with van der Waals surface area (Å²) in [4.78, 5) is 11.1. The van der Waals surface area contributed by atoms with E-state index in [4.69, 9.17) is 5.73 Å². The average Bonchev–Trinajstić information content (AvgIpc) is 3.19. The second-order valence-electron chi connectivity index (χ2n) is 6.15. The van der Waals surface area contributed by atoms with Gasteiger partial charge in [-0.15, -0.1) is 0 Å². The molecule has 1 saturated carbocycles. The van der Waals surface area contributed by atoms with Crippen molar-refractivity contribution in [2.45, 2.75) is 37.8 Å². The van der Waals surface area contributed by atoms with Gasteiger partial charge >= 0.3 is 0 Å². The summed E-state index contributed by atoms with van der Waals surface area (Å²) in [6.07, 6.45) is 4.76. The SMILES string of the molecule is Nc1nc(NC2CC2)cc(N2CCCC2c2ccccc2)n1. The van der Waals surface area contributed by atoms with E-state index in [9.17, 15) is 0 Å². The Kier molecular flexibility index (Phi) is 3.33. The van der Waals surface area contributed by atoms with E-state index in [1.165, 1.54) is 24.8 Å². The van der Waals surface area contributed by atoms with Crippen molar-refractivity contribution in [2.75, 3.05) is 22.5 Å². The van der Waals surface area contributed by atoms with Crippen LogP contribution in [-0.4, -0.2) is 22.6 Å². The molecule has 5 nitrogen and oxygen atoms in total. The standard InChI is InChI=1S/C17H21N5/c18-17-20-15(19-13-8-9-13)11-16(21-17)22-10-4-7-14(22)12-5-2-1-3-6-12/h1-3,5-6,11,13-14H,4,7-10H2,(H3,18,19,20,21). The van der Waals surface area contributed by atoms with Crippen molar-refractivity contribution in [2.24, 2.45) is 0 Å². The van der Waals surface area contributed by atoms with Gasteiger partial charge in [0, 0.05) is 18.7 Å². The fourth-order valence-electron chi connectivity index (χ4n) is 3.17. The predicted octanol–water partition coefficient (Wildman–Crippen LogP) is 2.97. The van der Waals surface area contributed by atoms with E-state index < -0.39 is 0 Å². The van der Waals surface area contributed by atoms with Crippen LogP contribution in [0.3, 0.4) is 0 Å². The normalized spacial score (nSPS) is 21.1. The zero-order valence-electron chi connectivity index (χ0n) is 12.6. The van der Waals surface area contributed by atoms with Crippen LogP contribution < -0.4 is 16.0 Å². The van der Waals surface area contributed by atoms with Crippen LogP contribution in [0.1, 0.15) is 37.3 Å². The van der Waals surface area contributed by atoms with Gasteiger partial charge in [0.2, 0.25) is 5.95 Å². The molecule has 2 aromatic rings. The van der Waals surface area contributed by atoms with Crippen molar-refractivity contribution in [1.82, 2.24) is 9.97 Å². The molecule has 0 spiro atoms. The molecule has 114 valence electrons. The Balaban J connectivity index is 1.63. The van der Waals surface area contributed by atoms with E-state index in [1.807, 2.05) is 6.07 Å². The summed E-state index contributed by atoms with van der Waals surface area (Å²) in [5, 5.41) is 3.42. The molecule has 22 heavy (non-hydrogen) atoms. The Morgan fingerprint density at radius 2 is 1.91 bits per heavy atom. The van der Waals surface area contributed by atoms with Crippen molar-refractivity contribution in [1.29, 1.82) is 0 Å². The molecule has 3 N–H and O–H groups in total. The molecule has 1 aromatic carbocycles. The smallest absolute Gasteiger partial charge is 0.223 e. The summed E-state index contributed by atoms with van der Waals surface area (Å²) in [6, 6.07) is 13.6. The summed E-state index contributed by atoms with van der Waals surface area (Å²) in [7, 11) is 0. The van der Waals surface area contributed by atoms with E-state index in [2.05, 4.69) is 50.5 Å². The highest BCUT2D eigenvalue weighted by atomic mass is 15.3. The Bertz CT molecular complexity index is 653. The minimum atomic E-state index is 0.347. The highest BCUT2D eigenvalue weighted by Gasteiger charge is 2.28. The third-order valence-corrected chi connectivity index (χ3v) is 4.39. The molecule has 0 amide bonds. The van der Waals surface area contributed by atoms with Gasteiger partial charge in [-0.25, -0.2) is 0 Å². The lowest BCUT2D eigenvalue weighted by Crippen LogP contribution is -2.24. The molecule has 1 aromatic heterocycles. The fourth-order valence-corrected chi connectivity index (χ4v) is 3.17. The van der Waals surface area contributed by atoms with E-state index >= 15 is 0 Å². The second kappa shape index (κ2) is 5.48. The first-order chi connectivity index (χ1) is 10.8. The number of nitrogens with one attached hydrogen (secondary N) is 1. The van der Waals surface area contributed by atoms with Crippen LogP contribution in [0.2, 0.25) is 0 Å². The maximum atomic E-state index is 5.92. The number of anilines is 3. The molecule has 4 rings (SSSR count). The highest BCUT2D eigenvalue weighted by Crippen LogP contribution is 2.36. The van der Waals surface area contributed by atoms with Crippen LogP contribution in [0.5, 0.6) is 0 Å². The van der Waals surface area contributed by atoms with Gasteiger partial charge in [0.1, 0.15) is 11.6 Å². The Morgan fingerprint density at radius 3 is 2.68 bits per heavy atom. The maximum absolute atomic E-state index is 5.92. The fraction of sp³-hybridized carbons (Fsp3) is 0.412. The number of hydrogen-bond donors (Lipinski definition) is 2. The van der Waals surface area contributed by atoms with Crippen LogP contribution >= 0.6 is 0 Å². The third kappa shape index (κ3) is 2.71. The van der Waals surface area contributed by atoms with Gasteiger partial charge < -0.3 is 16.0 Å². The van der Waals surface area contributed by atoms with Crippen molar-refractivity contribution < 1.29 is 0 Å². The van der Waals surface area contributed by atoms with E-state index in [-0.39, 0.29) is 0 Å². The number of rotatable bonds is 4. The van der Waals surface area contributed by atoms with Gasteiger partial charge in [-0.1, -0.05) is 30.3 Å². The molecule has 2 heterocycles. The molecule has 0 bridgehead atoms.